The first-order valence-electron chi connectivity index (χ1n) is 9.43. The quantitative estimate of drug-likeness (QED) is 0.498. The van der Waals surface area contributed by atoms with Crippen molar-refractivity contribution in [1.29, 1.82) is 0 Å². The standard InChI is InChI=1S/C24H20FN3O/c25-21-12-6-17(7-13-21)14-15-26-24(29)20-10-8-19(9-11-20)23-16-22(27-28-23)18-4-2-1-3-5-18/h1-13,16H,14-15H2,(H,26,29)(H,27,28). The molecule has 0 saturated carbocycles. The minimum absolute atomic E-state index is 0.131. The Morgan fingerprint density at radius 2 is 1.62 bits per heavy atom. The van der Waals surface area contributed by atoms with Gasteiger partial charge >= 0.3 is 0 Å². The number of hydrogen-bond acceptors (Lipinski definition) is 2. The minimum atomic E-state index is -0.258. The number of nitrogens with zero attached hydrogens (tertiary/aromatic N) is 1. The van der Waals surface area contributed by atoms with Gasteiger partial charge in [0, 0.05) is 17.7 Å². The zero-order valence-corrected chi connectivity index (χ0v) is 15.7. The SMILES string of the molecule is O=C(NCCc1ccc(F)cc1)c1ccc(-c2cc(-c3ccccc3)n[nH]2)cc1. The summed E-state index contributed by atoms with van der Waals surface area (Å²) in [5.41, 5.74) is 5.36. The average Bonchev–Trinajstić information content (AvgIpc) is 3.26. The normalized spacial score (nSPS) is 10.7. The summed E-state index contributed by atoms with van der Waals surface area (Å²) in [5, 5.41) is 10.3. The molecular formula is C24H20FN3O. The summed E-state index contributed by atoms with van der Waals surface area (Å²) in [6.07, 6.45) is 0.653. The Kier molecular flexibility index (Phi) is 5.47. The van der Waals surface area contributed by atoms with Gasteiger partial charge in [-0.05, 0) is 47.9 Å². The number of halogens is 1. The molecule has 0 fully saturated rings. The van der Waals surface area contributed by atoms with Gasteiger partial charge in [0.2, 0.25) is 0 Å². The Balaban J connectivity index is 1.37. The van der Waals surface area contributed by atoms with Crippen molar-refractivity contribution < 1.29 is 9.18 Å². The molecule has 0 aliphatic carbocycles. The van der Waals surface area contributed by atoms with Crippen molar-refractivity contribution in [1.82, 2.24) is 15.5 Å². The van der Waals surface area contributed by atoms with E-state index in [0.29, 0.717) is 18.5 Å². The van der Waals surface area contributed by atoms with Crippen LogP contribution in [0.15, 0.2) is 84.9 Å². The molecule has 1 amide bonds. The van der Waals surface area contributed by atoms with Crippen LogP contribution in [0.25, 0.3) is 22.5 Å². The van der Waals surface area contributed by atoms with E-state index in [9.17, 15) is 9.18 Å². The molecule has 4 aromatic rings. The van der Waals surface area contributed by atoms with E-state index in [1.54, 1.807) is 24.3 Å². The number of hydrogen-bond donors (Lipinski definition) is 2. The lowest BCUT2D eigenvalue weighted by Crippen LogP contribution is -2.25. The van der Waals surface area contributed by atoms with Crippen LogP contribution in [-0.2, 0) is 6.42 Å². The molecule has 0 atom stereocenters. The molecule has 4 rings (SSSR count). The number of carbonyl (C=O) groups excluding carboxylic acids is 1. The number of nitrogens with one attached hydrogen (secondary N) is 2. The first kappa shape index (κ1) is 18.6. The van der Waals surface area contributed by atoms with Gasteiger partial charge < -0.3 is 5.32 Å². The van der Waals surface area contributed by atoms with E-state index in [-0.39, 0.29) is 11.7 Å². The Hall–Kier alpha value is -3.73. The molecule has 0 aliphatic rings. The van der Waals surface area contributed by atoms with Gasteiger partial charge in [-0.2, -0.15) is 5.10 Å². The van der Waals surface area contributed by atoms with E-state index in [1.807, 2.05) is 48.5 Å². The molecule has 1 heterocycles. The number of rotatable bonds is 6. The Morgan fingerprint density at radius 1 is 0.897 bits per heavy atom. The molecule has 2 N–H and O–H groups in total. The van der Waals surface area contributed by atoms with Crippen LogP contribution in [0.2, 0.25) is 0 Å². The number of benzene rings is 3. The zero-order valence-electron chi connectivity index (χ0n) is 15.7. The average molecular weight is 385 g/mol. The molecule has 0 unspecified atom stereocenters. The molecule has 3 aromatic carbocycles. The lowest BCUT2D eigenvalue weighted by Gasteiger charge is -2.06. The second kappa shape index (κ2) is 8.52. The van der Waals surface area contributed by atoms with Crippen LogP contribution >= 0.6 is 0 Å². The van der Waals surface area contributed by atoms with Crippen molar-refractivity contribution in [3.05, 3.63) is 102 Å². The van der Waals surface area contributed by atoms with Crippen LogP contribution in [0.4, 0.5) is 4.39 Å². The second-order valence-corrected chi connectivity index (χ2v) is 6.74. The van der Waals surface area contributed by atoms with Crippen LogP contribution in [-0.4, -0.2) is 22.6 Å². The summed E-state index contributed by atoms with van der Waals surface area (Å²) in [7, 11) is 0. The predicted molar refractivity (Wildman–Crippen MR) is 112 cm³/mol. The minimum Gasteiger partial charge on any atom is -0.352 e. The van der Waals surface area contributed by atoms with Gasteiger partial charge in [-0.3, -0.25) is 9.89 Å². The first-order chi connectivity index (χ1) is 14.2. The van der Waals surface area contributed by atoms with E-state index in [1.165, 1.54) is 12.1 Å². The van der Waals surface area contributed by atoms with Crippen LogP contribution < -0.4 is 5.32 Å². The van der Waals surface area contributed by atoms with Crippen molar-refractivity contribution in [2.75, 3.05) is 6.54 Å². The van der Waals surface area contributed by atoms with Crippen LogP contribution in [0.5, 0.6) is 0 Å². The Labute approximate surface area is 168 Å². The van der Waals surface area contributed by atoms with Crippen LogP contribution in [0, 0.1) is 5.82 Å². The molecule has 0 saturated heterocycles. The van der Waals surface area contributed by atoms with Crippen molar-refractivity contribution in [2.24, 2.45) is 0 Å². The van der Waals surface area contributed by atoms with Crippen molar-refractivity contribution in [3.63, 3.8) is 0 Å². The number of aromatic amines is 1. The number of aromatic nitrogens is 2. The monoisotopic (exact) mass is 385 g/mol. The maximum Gasteiger partial charge on any atom is 0.251 e. The fourth-order valence-corrected chi connectivity index (χ4v) is 3.10. The lowest BCUT2D eigenvalue weighted by atomic mass is 10.1. The summed E-state index contributed by atoms with van der Waals surface area (Å²) >= 11 is 0. The molecule has 1 aromatic heterocycles. The summed E-state index contributed by atoms with van der Waals surface area (Å²) in [5.74, 6) is -0.390. The van der Waals surface area contributed by atoms with Gasteiger partial charge in [0.15, 0.2) is 0 Å². The van der Waals surface area contributed by atoms with Gasteiger partial charge in [-0.15, -0.1) is 0 Å². The highest BCUT2D eigenvalue weighted by Crippen LogP contribution is 2.23. The second-order valence-electron chi connectivity index (χ2n) is 6.74. The summed E-state index contributed by atoms with van der Waals surface area (Å²) in [6.45, 7) is 0.493. The highest BCUT2D eigenvalue weighted by atomic mass is 19.1. The molecule has 144 valence electrons. The summed E-state index contributed by atoms with van der Waals surface area (Å²) in [6, 6.07) is 25.6. The first-order valence-corrected chi connectivity index (χ1v) is 9.43. The van der Waals surface area contributed by atoms with E-state index in [4.69, 9.17) is 0 Å². The largest absolute Gasteiger partial charge is 0.352 e. The Bertz CT molecular complexity index is 1090. The van der Waals surface area contributed by atoms with Gasteiger partial charge in [0.05, 0.1) is 11.4 Å². The lowest BCUT2D eigenvalue weighted by molar-refractivity contribution is 0.0954. The third kappa shape index (κ3) is 4.58. The van der Waals surface area contributed by atoms with Gasteiger partial charge in [-0.1, -0.05) is 54.6 Å². The Morgan fingerprint density at radius 3 is 2.34 bits per heavy atom. The smallest absolute Gasteiger partial charge is 0.251 e. The molecule has 5 heteroatoms. The molecule has 0 aliphatic heterocycles. The van der Waals surface area contributed by atoms with Crippen molar-refractivity contribution >= 4 is 5.91 Å². The van der Waals surface area contributed by atoms with E-state index < -0.39 is 0 Å². The maximum atomic E-state index is 12.9. The third-order valence-electron chi connectivity index (χ3n) is 4.72. The highest BCUT2D eigenvalue weighted by Gasteiger charge is 2.08. The summed E-state index contributed by atoms with van der Waals surface area (Å²) in [4.78, 5) is 12.3. The van der Waals surface area contributed by atoms with Crippen LogP contribution in [0.3, 0.4) is 0 Å². The fraction of sp³-hybridized carbons (Fsp3) is 0.0833. The van der Waals surface area contributed by atoms with Gasteiger partial charge in [0.1, 0.15) is 5.82 Å². The van der Waals surface area contributed by atoms with Crippen LogP contribution in [0.1, 0.15) is 15.9 Å². The number of amides is 1. The number of carbonyl (C=O) groups is 1. The fourth-order valence-electron chi connectivity index (χ4n) is 3.10. The van der Waals surface area contributed by atoms with Gasteiger partial charge in [0.25, 0.3) is 5.91 Å². The van der Waals surface area contributed by atoms with E-state index in [0.717, 1.165) is 28.1 Å². The van der Waals surface area contributed by atoms with Gasteiger partial charge in [-0.25, -0.2) is 4.39 Å². The molecule has 0 bridgehead atoms. The molecule has 0 radical (unpaired) electrons. The topological polar surface area (TPSA) is 57.8 Å². The zero-order chi connectivity index (χ0) is 20.1. The highest BCUT2D eigenvalue weighted by molar-refractivity contribution is 5.94. The third-order valence-corrected chi connectivity index (χ3v) is 4.72. The summed E-state index contributed by atoms with van der Waals surface area (Å²) < 4.78 is 12.9. The van der Waals surface area contributed by atoms with E-state index >= 15 is 0 Å². The van der Waals surface area contributed by atoms with E-state index in [2.05, 4.69) is 15.5 Å². The van der Waals surface area contributed by atoms with Crippen molar-refractivity contribution in [3.8, 4) is 22.5 Å². The predicted octanol–water partition coefficient (Wildman–Crippen LogP) is 4.86. The molecule has 29 heavy (non-hydrogen) atoms. The maximum absolute atomic E-state index is 12.9. The van der Waals surface area contributed by atoms with Crippen molar-refractivity contribution in [2.45, 2.75) is 6.42 Å². The molecule has 0 spiro atoms. The number of H-pyrrole nitrogens is 1. The molecule has 4 nitrogen and oxygen atoms in total. The molecular weight excluding hydrogens is 365 g/mol.